The van der Waals surface area contributed by atoms with Gasteiger partial charge >= 0.3 is 0 Å². The lowest BCUT2D eigenvalue weighted by Gasteiger charge is -2.47. The maximum Gasteiger partial charge on any atom is 0.251 e. The number of amides is 1. The number of para-hydroxylation sites is 2. The van der Waals surface area contributed by atoms with Crippen molar-refractivity contribution in [2.75, 3.05) is 52.5 Å². The maximum atomic E-state index is 13.0. The van der Waals surface area contributed by atoms with Gasteiger partial charge < -0.3 is 24.8 Å². The highest BCUT2D eigenvalue weighted by Gasteiger charge is 2.44. The van der Waals surface area contributed by atoms with E-state index in [1.807, 2.05) is 24.3 Å². The van der Waals surface area contributed by atoms with Crippen LogP contribution in [0, 0.1) is 5.82 Å². The fraction of sp³-hybridized carbons (Fsp3) is 0.435. The number of hydrogen-bond acceptors (Lipinski definition) is 6. The van der Waals surface area contributed by atoms with Crippen LogP contribution >= 0.6 is 0 Å². The van der Waals surface area contributed by atoms with Crippen molar-refractivity contribution in [3.8, 4) is 11.5 Å². The number of halogens is 1. The number of carbonyl (C=O) groups excluding carboxylic acids is 1. The fourth-order valence-corrected chi connectivity index (χ4v) is 4.00. The van der Waals surface area contributed by atoms with Crippen molar-refractivity contribution in [3.05, 3.63) is 59.9 Å². The summed E-state index contributed by atoms with van der Waals surface area (Å²) in [5.41, 5.74) is -0.399. The molecule has 0 bridgehead atoms. The van der Waals surface area contributed by atoms with E-state index in [2.05, 4.69) is 15.1 Å². The second-order valence-corrected chi connectivity index (χ2v) is 7.89. The van der Waals surface area contributed by atoms with E-state index in [0.717, 1.165) is 39.1 Å². The zero-order valence-electron chi connectivity index (χ0n) is 17.4. The molecular weight excluding hydrogens is 401 g/mol. The molecule has 1 amide bonds. The molecule has 2 aliphatic rings. The van der Waals surface area contributed by atoms with Crippen LogP contribution in [0.15, 0.2) is 48.5 Å². The van der Waals surface area contributed by atoms with Crippen LogP contribution in [0.5, 0.6) is 11.5 Å². The van der Waals surface area contributed by atoms with Gasteiger partial charge in [-0.3, -0.25) is 9.69 Å². The Morgan fingerprint density at radius 3 is 2.48 bits per heavy atom. The summed E-state index contributed by atoms with van der Waals surface area (Å²) in [6.45, 7) is 4.78. The Labute approximate surface area is 181 Å². The summed E-state index contributed by atoms with van der Waals surface area (Å²) in [5.74, 6) is 0.813. The molecule has 0 aromatic heterocycles. The van der Waals surface area contributed by atoms with Crippen molar-refractivity contribution in [2.24, 2.45) is 0 Å². The predicted molar refractivity (Wildman–Crippen MR) is 114 cm³/mol. The van der Waals surface area contributed by atoms with Gasteiger partial charge in [0.2, 0.25) is 5.72 Å². The van der Waals surface area contributed by atoms with E-state index in [4.69, 9.17) is 9.47 Å². The molecule has 8 heteroatoms. The molecule has 2 heterocycles. The SMILES string of the molecule is O=C(NCCCN1CCN(C2(CO)COc3ccccc3O2)CC1)c1ccc(F)cc1. The van der Waals surface area contributed by atoms with Gasteiger partial charge in [0.1, 0.15) is 19.0 Å². The van der Waals surface area contributed by atoms with Crippen molar-refractivity contribution in [2.45, 2.75) is 12.1 Å². The van der Waals surface area contributed by atoms with Gasteiger partial charge in [-0.05, 0) is 49.4 Å². The number of aliphatic hydroxyl groups excluding tert-OH is 1. The lowest BCUT2D eigenvalue weighted by atomic mass is 10.1. The van der Waals surface area contributed by atoms with Crippen LogP contribution in [0.1, 0.15) is 16.8 Å². The summed E-state index contributed by atoms with van der Waals surface area (Å²) < 4.78 is 25.0. The van der Waals surface area contributed by atoms with Gasteiger partial charge in [-0.2, -0.15) is 0 Å². The van der Waals surface area contributed by atoms with Gasteiger partial charge in [0.15, 0.2) is 11.5 Å². The van der Waals surface area contributed by atoms with Crippen molar-refractivity contribution in [3.63, 3.8) is 0 Å². The summed E-state index contributed by atoms with van der Waals surface area (Å²) in [6.07, 6.45) is 0.824. The number of benzene rings is 2. The molecule has 1 saturated heterocycles. The van der Waals surface area contributed by atoms with Crippen LogP contribution in [0.25, 0.3) is 0 Å². The number of carbonyl (C=O) groups is 1. The van der Waals surface area contributed by atoms with Crippen LogP contribution < -0.4 is 14.8 Å². The van der Waals surface area contributed by atoms with Gasteiger partial charge in [-0.15, -0.1) is 0 Å². The summed E-state index contributed by atoms with van der Waals surface area (Å²) in [4.78, 5) is 16.6. The highest BCUT2D eigenvalue weighted by molar-refractivity contribution is 5.94. The molecule has 1 atom stereocenters. The summed E-state index contributed by atoms with van der Waals surface area (Å²) >= 11 is 0. The first kappa shape index (κ1) is 21.5. The van der Waals surface area contributed by atoms with Crippen molar-refractivity contribution < 1.29 is 23.8 Å². The Morgan fingerprint density at radius 2 is 1.77 bits per heavy atom. The molecule has 4 rings (SSSR count). The average molecular weight is 429 g/mol. The second-order valence-electron chi connectivity index (χ2n) is 7.89. The first-order valence-corrected chi connectivity index (χ1v) is 10.6. The minimum Gasteiger partial charge on any atom is -0.484 e. The van der Waals surface area contributed by atoms with Crippen LogP contribution in [0.2, 0.25) is 0 Å². The molecule has 166 valence electrons. The van der Waals surface area contributed by atoms with E-state index in [0.29, 0.717) is 23.6 Å². The van der Waals surface area contributed by atoms with Gasteiger partial charge in [0.05, 0.1) is 0 Å². The molecule has 2 N–H and O–H groups in total. The summed E-state index contributed by atoms with van der Waals surface area (Å²) in [5, 5.41) is 13.0. The molecule has 1 unspecified atom stereocenters. The quantitative estimate of drug-likeness (QED) is 0.653. The molecule has 1 fully saturated rings. The lowest BCUT2D eigenvalue weighted by molar-refractivity contribution is -0.163. The average Bonchev–Trinajstić information content (AvgIpc) is 2.82. The molecule has 2 aromatic carbocycles. The highest BCUT2D eigenvalue weighted by Crippen LogP contribution is 2.36. The number of fused-ring (bicyclic) bond motifs is 1. The van der Waals surface area contributed by atoms with Crippen LogP contribution in [0.3, 0.4) is 0 Å². The number of piperazine rings is 1. The number of nitrogens with one attached hydrogen (secondary N) is 1. The highest BCUT2D eigenvalue weighted by atomic mass is 19.1. The molecule has 2 aromatic rings. The van der Waals surface area contributed by atoms with E-state index in [9.17, 15) is 14.3 Å². The summed E-state index contributed by atoms with van der Waals surface area (Å²) in [6, 6.07) is 13.0. The minimum atomic E-state index is -0.858. The van der Waals surface area contributed by atoms with E-state index in [-0.39, 0.29) is 24.9 Å². The van der Waals surface area contributed by atoms with E-state index < -0.39 is 5.72 Å². The summed E-state index contributed by atoms with van der Waals surface area (Å²) in [7, 11) is 0. The number of hydrogen-bond donors (Lipinski definition) is 2. The standard InChI is InChI=1S/C23H28FN3O4/c24-19-8-6-18(7-9-19)22(29)25-10-3-11-26-12-14-27(15-13-26)23(16-28)17-30-20-4-1-2-5-21(20)31-23/h1-2,4-9,28H,3,10-17H2,(H,25,29). The smallest absolute Gasteiger partial charge is 0.251 e. The first-order chi connectivity index (χ1) is 15.1. The van der Waals surface area contributed by atoms with Crippen LogP contribution in [-0.2, 0) is 0 Å². The van der Waals surface area contributed by atoms with E-state index in [1.165, 1.54) is 24.3 Å². The third-order valence-electron chi connectivity index (χ3n) is 5.84. The van der Waals surface area contributed by atoms with Crippen LogP contribution in [0.4, 0.5) is 4.39 Å². The fourth-order valence-electron chi connectivity index (χ4n) is 4.00. The predicted octanol–water partition coefficient (Wildman–Crippen LogP) is 1.72. The Balaban J connectivity index is 1.21. The van der Waals surface area contributed by atoms with E-state index in [1.54, 1.807) is 0 Å². The zero-order chi connectivity index (χ0) is 21.7. The molecule has 0 aliphatic carbocycles. The molecule has 2 aliphatic heterocycles. The molecule has 0 spiro atoms. The third-order valence-corrected chi connectivity index (χ3v) is 5.84. The maximum absolute atomic E-state index is 13.0. The Kier molecular flexibility index (Phi) is 6.70. The number of ether oxygens (including phenoxy) is 2. The van der Waals surface area contributed by atoms with Gasteiger partial charge in [0, 0.05) is 38.3 Å². The van der Waals surface area contributed by atoms with Crippen molar-refractivity contribution in [1.29, 1.82) is 0 Å². The largest absolute Gasteiger partial charge is 0.484 e. The normalized spacial score (nSPS) is 21.6. The Bertz CT molecular complexity index is 887. The number of aliphatic hydroxyl groups is 1. The monoisotopic (exact) mass is 429 g/mol. The minimum absolute atomic E-state index is 0.142. The van der Waals surface area contributed by atoms with E-state index >= 15 is 0 Å². The van der Waals surface area contributed by atoms with Crippen molar-refractivity contribution >= 4 is 5.91 Å². The Hall–Kier alpha value is -2.68. The topological polar surface area (TPSA) is 74.3 Å². The number of rotatable bonds is 7. The van der Waals surface area contributed by atoms with Gasteiger partial charge in [-0.1, -0.05) is 12.1 Å². The first-order valence-electron chi connectivity index (χ1n) is 10.6. The van der Waals surface area contributed by atoms with Crippen molar-refractivity contribution in [1.82, 2.24) is 15.1 Å². The van der Waals surface area contributed by atoms with Gasteiger partial charge in [0.25, 0.3) is 5.91 Å². The molecule has 0 radical (unpaired) electrons. The third kappa shape index (κ3) is 4.98. The molecule has 0 saturated carbocycles. The molecular formula is C23H28FN3O4. The second kappa shape index (κ2) is 9.64. The van der Waals surface area contributed by atoms with Crippen LogP contribution in [-0.4, -0.2) is 79.0 Å². The molecule has 31 heavy (non-hydrogen) atoms. The van der Waals surface area contributed by atoms with Gasteiger partial charge in [-0.25, -0.2) is 4.39 Å². The zero-order valence-corrected chi connectivity index (χ0v) is 17.4. The Morgan fingerprint density at radius 1 is 1.06 bits per heavy atom. The number of nitrogens with zero attached hydrogens (tertiary/aromatic N) is 2. The lowest BCUT2D eigenvalue weighted by Crippen LogP contribution is -2.65. The molecule has 7 nitrogen and oxygen atoms in total.